The van der Waals surface area contributed by atoms with Crippen LogP contribution in [0.2, 0.25) is 0 Å². The number of hydrogen-bond donors (Lipinski definition) is 1. The van der Waals surface area contributed by atoms with Gasteiger partial charge in [0, 0.05) is 17.8 Å². The van der Waals surface area contributed by atoms with E-state index >= 15 is 0 Å². The van der Waals surface area contributed by atoms with E-state index < -0.39 is 5.82 Å². The summed E-state index contributed by atoms with van der Waals surface area (Å²) in [7, 11) is 0. The lowest BCUT2D eigenvalue weighted by molar-refractivity contribution is 0.0617. The predicted octanol–water partition coefficient (Wildman–Crippen LogP) is 2.83. The number of hydrogen-bond acceptors (Lipinski definition) is 2. The topological polar surface area (TPSA) is 46.3 Å². The first kappa shape index (κ1) is 14.2. The second-order valence-electron chi connectivity index (χ2n) is 5.11. The van der Waals surface area contributed by atoms with Crippen molar-refractivity contribution in [3.63, 3.8) is 0 Å². The van der Waals surface area contributed by atoms with Crippen LogP contribution in [-0.4, -0.2) is 22.9 Å². The van der Waals surface area contributed by atoms with Crippen molar-refractivity contribution in [2.75, 3.05) is 12.3 Å². The average molecular weight is 250 g/mol. The van der Waals surface area contributed by atoms with Gasteiger partial charge in [0.25, 0.3) is 5.91 Å². The Labute approximate surface area is 107 Å². The first-order valence-electron chi connectivity index (χ1n) is 5.75. The molecule has 1 aromatic carbocycles. The average Bonchev–Trinajstić information content (AvgIpc) is 2.27. The zero-order chi connectivity index (χ0) is 13.9. The Morgan fingerprint density at radius 3 is 2.61 bits per heavy atom. The van der Waals surface area contributed by atoms with Gasteiger partial charge in [-0.05, 0) is 39.0 Å². The number of amides is 1. The van der Waals surface area contributed by atoms with Gasteiger partial charge in [-0.3, -0.25) is 4.79 Å². The van der Waals surface area contributed by atoms with E-state index in [1.807, 2.05) is 20.8 Å². The Bertz CT molecular complexity index is 463. The quantitative estimate of drug-likeness (QED) is 0.662. The van der Waals surface area contributed by atoms with Gasteiger partial charge in [-0.15, -0.1) is 6.58 Å². The van der Waals surface area contributed by atoms with E-state index in [1.54, 1.807) is 11.0 Å². The highest BCUT2D eigenvalue weighted by atomic mass is 19.1. The Balaban J connectivity index is 3.17. The summed E-state index contributed by atoms with van der Waals surface area (Å²) in [6.07, 6.45) is 1.64. The molecule has 0 aliphatic carbocycles. The molecule has 0 unspecified atom stereocenters. The molecule has 1 amide bonds. The summed E-state index contributed by atoms with van der Waals surface area (Å²) < 4.78 is 13.2. The molecule has 18 heavy (non-hydrogen) atoms. The zero-order valence-corrected chi connectivity index (χ0v) is 11.0. The number of rotatable bonds is 3. The van der Waals surface area contributed by atoms with Gasteiger partial charge in [-0.2, -0.15) is 0 Å². The molecule has 2 N–H and O–H groups in total. The van der Waals surface area contributed by atoms with Crippen LogP contribution in [0.5, 0.6) is 0 Å². The van der Waals surface area contributed by atoms with Gasteiger partial charge >= 0.3 is 0 Å². The summed E-state index contributed by atoms with van der Waals surface area (Å²) in [5.74, 6) is -0.764. The van der Waals surface area contributed by atoms with Crippen LogP contribution in [0, 0.1) is 5.82 Å². The predicted molar refractivity (Wildman–Crippen MR) is 71.8 cm³/mol. The number of benzene rings is 1. The molecule has 0 fully saturated rings. The molecule has 0 aromatic heterocycles. The lowest BCUT2D eigenvalue weighted by Gasteiger charge is -2.35. The zero-order valence-electron chi connectivity index (χ0n) is 11.0. The van der Waals surface area contributed by atoms with Crippen LogP contribution in [0.15, 0.2) is 30.9 Å². The molecule has 0 heterocycles. The van der Waals surface area contributed by atoms with Crippen LogP contribution in [0.25, 0.3) is 0 Å². The summed E-state index contributed by atoms with van der Waals surface area (Å²) in [4.78, 5) is 14.0. The van der Waals surface area contributed by atoms with E-state index in [9.17, 15) is 9.18 Å². The Morgan fingerprint density at radius 1 is 1.50 bits per heavy atom. The van der Waals surface area contributed by atoms with Crippen LogP contribution < -0.4 is 5.73 Å². The fraction of sp³-hybridized carbons (Fsp3) is 0.357. The van der Waals surface area contributed by atoms with E-state index in [2.05, 4.69) is 6.58 Å². The summed E-state index contributed by atoms with van der Waals surface area (Å²) in [6, 6.07) is 3.80. The fourth-order valence-corrected chi connectivity index (χ4v) is 1.65. The van der Waals surface area contributed by atoms with E-state index in [4.69, 9.17) is 5.73 Å². The monoisotopic (exact) mass is 250 g/mol. The normalized spacial score (nSPS) is 11.1. The van der Waals surface area contributed by atoms with E-state index in [0.29, 0.717) is 6.54 Å². The number of carbonyl (C=O) groups is 1. The van der Waals surface area contributed by atoms with Crippen molar-refractivity contribution in [2.24, 2.45) is 0 Å². The Kier molecular flexibility index (Phi) is 4.11. The first-order valence-corrected chi connectivity index (χ1v) is 5.75. The summed E-state index contributed by atoms with van der Waals surface area (Å²) >= 11 is 0. The minimum atomic E-state index is -0.472. The highest BCUT2D eigenvalue weighted by molar-refractivity contribution is 5.99. The van der Waals surface area contributed by atoms with Crippen molar-refractivity contribution in [3.8, 4) is 0 Å². The molecule has 98 valence electrons. The number of anilines is 1. The van der Waals surface area contributed by atoms with Gasteiger partial charge in [-0.1, -0.05) is 6.08 Å². The van der Waals surface area contributed by atoms with Crippen LogP contribution in [0.4, 0.5) is 10.1 Å². The number of nitrogens with two attached hydrogens (primary N) is 1. The lowest BCUT2D eigenvalue weighted by atomic mass is 10.0. The maximum Gasteiger partial charge on any atom is 0.256 e. The van der Waals surface area contributed by atoms with Crippen molar-refractivity contribution in [1.82, 2.24) is 4.90 Å². The Hall–Kier alpha value is -1.84. The van der Waals surface area contributed by atoms with Gasteiger partial charge in [0.05, 0.1) is 5.56 Å². The van der Waals surface area contributed by atoms with E-state index in [1.165, 1.54) is 18.2 Å². The Morgan fingerprint density at radius 2 is 2.11 bits per heavy atom. The maximum atomic E-state index is 13.2. The number of nitrogen functional groups attached to an aromatic ring is 1. The molecule has 0 atom stereocenters. The van der Waals surface area contributed by atoms with Crippen molar-refractivity contribution >= 4 is 11.6 Å². The third kappa shape index (κ3) is 3.09. The van der Waals surface area contributed by atoms with Crippen molar-refractivity contribution in [2.45, 2.75) is 26.3 Å². The minimum Gasteiger partial charge on any atom is -0.398 e. The molecule has 0 saturated carbocycles. The second kappa shape index (κ2) is 5.21. The van der Waals surface area contributed by atoms with E-state index in [-0.39, 0.29) is 22.7 Å². The molecule has 3 nitrogen and oxygen atoms in total. The molecular formula is C14H19FN2O. The highest BCUT2D eigenvalue weighted by Crippen LogP contribution is 2.21. The molecule has 1 rings (SSSR count). The SMILES string of the molecule is C=CCN(C(=O)c1cc(F)ccc1N)C(C)(C)C. The molecule has 1 aromatic rings. The molecule has 0 spiro atoms. The van der Waals surface area contributed by atoms with Gasteiger partial charge in [-0.25, -0.2) is 4.39 Å². The van der Waals surface area contributed by atoms with Crippen molar-refractivity contribution in [3.05, 3.63) is 42.2 Å². The highest BCUT2D eigenvalue weighted by Gasteiger charge is 2.27. The largest absolute Gasteiger partial charge is 0.398 e. The van der Waals surface area contributed by atoms with Gasteiger partial charge in [0.2, 0.25) is 0 Å². The fourth-order valence-electron chi connectivity index (χ4n) is 1.65. The number of nitrogens with zero attached hydrogens (tertiary/aromatic N) is 1. The molecule has 4 heteroatoms. The molecule has 0 aliphatic heterocycles. The van der Waals surface area contributed by atoms with Crippen LogP contribution in [0.3, 0.4) is 0 Å². The molecule has 0 radical (unpaired) electrons. The third-order valence-electron chi connectivity index (χ3n) is 2.61. The lowest BCUT2D eigenvalue weighted by Crippen LogP contribution is -2.45. The summed E-state index contributed by atoms with van der Waals surface area (Å²) in [5.41, 5.74) is 5.81. The number of halogens is 1. The van der Waals surface area contributed by atoms with Crippen LogP contribution in [0.1, 0.15) is 31.1 Å². The van der Waals surface area contributed by atoms with Gasteiger partial charge < -0.3 is 10.6 Å². The van der Waals surface area contributed by atoms with Gasteiger partial charge in [0.15, 0.2) is 0 Å². The summed E-state index contributed by atoms with van der Waals surface area (Å²) in [5, 5.41) is 0. The first-order chi connectivity index (χ1) is 8.27. The molecule has 0 saturated heterocycles. The number of carbonyl (C=O) groups excluding carboxylic acids is 1. The van der Waals surface area contributed by atoms with E-state index in [0.717, 1.165) is 0 Å². The summed E-state index contributed by atoms with van der Waals surface area (Å²) in [6.45, 7) is 9.74. The minimum absolute atomic E-state index is 0.187. The second-order valence-corrected chi connectivity index (χ2v) is 5.11. The standard InChI is InChI=1S/C14H19FN2O/c1-5-8-17(14(2,3)4)13(18)11-9-10(15)6-7-12(11)16/h5-7,9H,1,8,16H2,2-4H3. The maximum absolute atomic E-state index is 13.2. The molecular weight excluding hydrogens is 231 g/mol. The van der Waals surface area contributed by atoms with Crippen molar-refractivity contribution in [1.29, 1.82) is 0 Å². The molecule has 0 bridgehead atoms. The van der Waals surface area contributed by atoms with Gasteiger partial charge in [0.1, 0.15) is 5.82 Å². The van der Waals surface area contributed by atoms with Crippen molar-refractivity contribution < 1.29 is 9.18 Å². The smallest absolute Gasteiger partial charge is 0.256 e. The van der Waals surface area contributed by atoms with Crippen LogP contribution in [-0.2, 0) is 0 Å². The van der Waals surface area contributed by atoms with Crippen LogP contribution >= 0.6 is 0 Å². The third-order valence-corrected chi connectivity index (χ3v) is 2.61. The molecule has 0 aliphatic rings.